The molecule has 0 aliphatic heterocycles. The zero-order valence-electron chi connectivity index (χ0n) is 11.6. The van der Waals surface area contributed by atoms with E-state index in [2.05, 4.69) is 10.4 Å². The number of hydrogen-bond acceptors (Lipinski definition) is 2. The lowest BCUT2D eigenvalue weighted by Crippen LogP contribution is -2.30. The fourth-order valence-corrected chi connectivity index (χ4v) is 3.87. The van der Waals surface area contributed by atoms with E-state index in [9.17, 15) is 4.79 Å². The van der Waals surface area contributed by atoms with Crippen LogP contribution in [0.1, 0.15) is 37.8 Å². The van der Waals surface area contributed by atoms with Gasteiger partial charge in [-0.25, -0.2) is 0 Å². The minimum atomic E-state index is 0.224. The van der Waals surface area contributed by atoms with Gasteiger partial charge in [0.25, 0.3) is 0 Å². The van der Waals surface area contributed by atoms with Gasteiger partial charge in [-0.05, 0) is 50.0 Å². The van der Waals surface area contributed by atoms with Crippen LogP contribution in [0.4, 0.5) is 0 Å². The van der Waals surface area contributed by atoms with E-state index in [0.29, 0.717) is 12.5 Å². The van der Waals surface area contributed by atoms with Crippen LogP contribution in [0.2, 0.25) is 0 Å². The minimum Gasteiger partial charge on any atom is -0.354 e. The number of carbonyl (C=O) groups is 1. The summed E-state index contributed by atoms with van der Waals surface area (Å²) in [5, 5.41) is 7.25. The van der Waals surface area contributed by atoms with E-state index in [1.165, 1.54) is 25.7 Å². The number of aromatic nitrogens is 2. The van der Waals surface area contributed by atoms with Gasteiger partial charge in [0, 0.05) is 24.9 Å². The average molecular weight is 261 g/mol. The molecule has 1 heterocycles. The van der Waals surface area contributed by atoms with E-state index >= 15 is 0 Å². The third kappa shape index (κ3) is 2.82. The Balaban J connectivity index is 1.39. The molecule has 4 nitrogen and oxygen atoms in total. The van der Waals surface area contributed by atoms with Crippen molar-refractivity contribution in [1.29, 1.82) is 0 Å². The summed E-state index contributed by atoms with van der Waals surface area (Å²) in [6, 6.07) is 1.98. The van der Waals surface area contributed by atoms with Crippen LogP contribution in [0.5, 0.6) is 0 Å². The van der Waals surface area contributed by atoms with Crippen LogP contribution in [0.25, 0.3) is 0 Å². The van der Waals surface area contributed by atoms with Crippen LogP contribution in [-0.2, 0) is 11.3 Å². The number of hydrogen-bond donors (Lipinski definition) is 1. The monoisotopic (exact) mass is 261 g/mol. The van der Waals surface area contributed by atoms with Crippen LogP contribution in [-0.4, -0.2) is 22.2 Å². The number of carbonyl (C=O) groups excluding carboxylic acids is 1. The first-order valence-electron chi connectivity index (χ1n) is 7.47. The summed E-state index contributed by atoms with van der Waals surface area (Å²) in [6.45, 7) is 3.48. The maximum atomic E-state index is 11.9. The summed E-state index contributed by atoms with van der Waals surface area (Å²) in [4.78, 5) is 11.9. The molecule has 0 aromatic carbocycles. The Bertz CT molecular complexity index is 454. The van der Waals surface area contributed by atoms with Gasteiger partial charge in [-0.3, -0.25) is 9.48 Å². The van der Waals surface area contributed by atoms with Gasteiger partial charge in [-0.1, -0.05) is 6.42 Å². The molecule has 0 unspecified atom stereocenters. The Morgan fingerprint density at radius 3 is 3.00 bits per heavy atom. The van der Waals surface area contributed by atoms with Gasteiger partial charge >= 0.3 is 0 Å². The van der Waals surface area contributed by atoms with Crippen molar-refractivity contribution >= 4 is 5.91 Å². The maximum absolute atomic E-state index is 11.9. The Hall–Kier alpha value is -1.32. The van der Waals surface area contributed by atoms with Gasteiger partial charge in [0.1, 0.15) is 0 Å². The van der Waals surface area contributed by atoms with Crippen LogP contribution < -0.4 is 5.32 Å². The fourth-order valence-electron chi connectivity index (χ4n) is 3.87. The van der Waals surface area contributed by atoms with Crippen LogP contribution in [0.3, 0.4) is 0 Å². The summed E-state index contributed by atoms with van der Waals surface area (Å²) in [6.07, 6.45) is 7.96. The van der Waals surface area contributed by atoms with E-state index in [-0.39, 0.29) is 5.91 Å². The lowest BCUT2D eigenvalue weighted by Gasteiger charge is -2.20. The highest BCUT2D eigenvalue weighted by Crippen LogP contribution is 2.49. The molecule has 2 aliphatic carbocycles. The standard InChI is InChI=1S/C15H23N3O/c1-11-4-5-17-18(11)7-6-16-15(19)10-14-9-12-2-3-13(14)8-12/h4-5,12-14H,2-3,6-10H2,1H3,(H,16,19)/t12-,13+,14+/m0/s1. The van der Waals surface area contributed by atoms with E-state index < -0.39 is 0 Å². The van der Waals surface area contributed by atoms with E-state index in [4.69, 9.17) is 0 Å². The summed E-state index contributed by atoms with van der Waals surface area (Å²) in [5.74, 6) is 2.64. The van der Waals surface area contributed by atoms with E-state index in [1.807, 2.05) is 17.7 Å². The molecule has 2 bridgehead atoms. The van der Waals surface area contributed by atoms with Crippen molar-refractivity contribution in [3.05, 3.63) is 18.0 Å². The van der Waals surface area contributed by atoms with Crippen molar-refractivity contribution in [1.82, 2.24) is 15.1 Å². The maximum Gasteiger partial charge on any atom is 0.220 e. The van der Waals surface area contributed by atoms with Gasteiger partial charge in [-0.2, -0.15) is 5.10 Å². The zero-order chi connectivity index (χ0) is 13.2. The number of amides is 1. The Morgan fingerprint density at radius 2 is 2.37 bits per heavy atom. The van der Waals surface area contributed by atoms with Gasteiger partial charge in [-0.15, -0.1) is 0 Å². The number of fused-ring (bicyclic) bond motifs is 2. The second-order valence-electron chi connectivity index (χ2n) is 6.18. The minimum absolute atomic E-state index is 0.224. The lowest BCUT2D eigenvalue weighted by molar-refractivity contribution is -0.122. The lowest BCUT2D eigenvalue weighted by atomic mass is 9.86. The first kappa shape index (κ1) is 12.7. The van der Waals surface area contributed by atoms with E-state index in [0.717, 1.165) is 30.5 Å². The Labute approximate surface area is 114 Å². The second-order valence-corrected chi connectivity index (χ2v) is 6.18. The number of rotatable bonds is 5. The molecule has 4 heteroatoms. The third-order valence-corrected chi connectivity index (χ3v) is 4.91. The zero-order valence-corrected chi connectivity index (χ0v) is 11.6. The molecule has 1 N–H and O–H groups in total. The quantitative estimate of drug-likeness (QED) is 0.882. The van der Waals surface area contributed by atoms with E-state index in [1.54, 1.807) is 6.20 Å². The Morgan fingerprint density at radius 1 is 1.47 bits per heavy atom. The van der Waals surface area contributed by atoms with Gasteiger partial charge in [0.05, 0.1) is 6.54 Å². The molecule has 1 amide bonds. The predicted octanol–water partition coefficient (Wildman–Crippen LogP) is 2.13. The molecule has 104 valence electrons. The molecule has 2 fully saturated rings. The second kappa shape index (κ2) is 5.35. The topological polar surface area (TPSA) is 46.9 Å². The molecule has 1 aromatic rings. The molecule has 2 aliphatic rings. The Kier molecular flexibility index (Phi) is 3.58. The SMILES string of the molecule is Cc1ccnn1CCNC(=O)C[C@H]1C[C@H]2CC[C@@H]1C2. The predicted molar refractivity (Wildman–Crippen MR) is 73.5 cm³/mol. The molecule has 0 saturated heterocycles. The molecule has 0 radical (unpaired) electrons. The average Bonchev–Trinajstić information content (AvgIpc) is 3.07. The highest BCUT2D eigenvalue weighted by molar-refractivity contribution is 5.76. The molecule has 0 spiro atoms. The van der Waals surface area contributed by atoms with Crippen LogP contribution >= 0.6 is 0 Å². The molecule has 3 rings (SSSR count). The first-order chi connectivity index (χ1) is 9.22. The summed E-state index contributed by atoms with van der Waals surface area (Å²) < 4.78 is 1.93. The number of aryl methyl sites for hydroxylation is 1. The van der Waals surface area contributed by atoms with Gasteiger partial charge < -0.3 is 5.32 Å². The normalized spacial score (nSPS) is 28.8. The fraction of sp³-hybridized carbons (Fsp3) is 0.733. The van der Waals surface area contributed by atoms with Crippen LogP contribution in [0.15, 0.2) is 12.3 Å². The van der Waals surface area contributed by atoms with Gasteiger partial charge in [0.15, 0.2) is 0 Å². The van der Waals surface area contributed by atoms with Crippen LogP contribution in [0, 0.1) is 24.7 Å². The third-order valence-electron chi connectivity index (χ3n) is 4.91. The summed E-state index contributed by atoms with van der Waals surface area (Å²) in [5.41, 5.74) is 1.14. The molecule has 3 atom stereocenters. The summed E-state index contributed by atoms with van der Waals surface area (Å²) >= 11 is 0. The van der Waals surface area contributed by atoms with Gasteiger partial charge in [0.2, 0.25) is 5.91 Å². The van der Waals surface area contributed by atoms with Crippen molar-refractivity contribution in [2.24, 2.45) is 17.8 Å². The molecular weight excluding hydrogens is 238 g/mol. The van der Waals surface area contributed by atoms with Crippen molar-refractivity contribution in [3.63, 3.8) is 0 Å². The van der Waals surface area contributed by atoms with Crippen molar-refractivity contribution < 1.29 is 4.79 Å². The molecular formula is C15H23N3O. The number of nitrogens with one attached hydrogen (secondary N) is 1. The molecule has 19 heavy (non-hydrogen) atoms. The first-order valence-corrected chi connectivity index (χ1v) is 7.47. The number of nitrogens with zero attached hydrogens (tertiary/aromatic N) is 2. The smallest absolute Gasteiger partial charge is 0.220 e. The highest BCUT2D eigenvalue weighted by Gasteiger charge is 2.39. The van der Waals surface area contributed by atoms with Crippen molar-refractivity contribution in [2.45, 2.75) is 45.6 Å². The van der Waals surface area contributed by atoms with Crippen molar-refractivity contribution in [2.75, 3.05) is 6.54 Å². The molecule has 2 saturated carbocycles. The molecule has 1 aromatic heterocycles. The largest absolute Gasteiger partial charge is 0.354 e. The summed E-state index contributed by atoms with van der Waals surface area (Å²) in [7, 11) is 0. The highest BCUT2D eigenvalue weighted by atomic mass is 16.1. The van der Waals surface area contributed by atoms with Crippen molar-refractivity contribution in [3.8, 4) is 0 Å².